The fraction of sp³-hybridized carbons (Fsp3) is 0.483. The van der Waals surface area contributed by atoms with Gasteiger partial charge in [0, 0.05) is 56.2 Å². The van der Waals surface area contributed by atoms with E-state index in [0.717, 1.165) is 31.2 Å². The normalized spacial score (nSPS) is 16.1. The summed E-state index contributed by atoms with van der Waals surface area (Å²) < 4.78 is 0. The fourth-order valence-electron chi connectivity index (χ4n) is 4.82. The lowest BCUT2D eigenvalue weighted by Gasteiger charge is -2.41. The summed E-state index contributed by atoms with van der Waals surface area (Å²) in [5.74, 6) is -0.653. The van der Waals surface area contributed by atoms with Crippen molar-refractivity contribution in [2.45, 2.75) is 70.9 Å². The summed E-state index contributed by atoms with van der Waals surface area (Å²) in [6, 6.07) is 13.9. The number of non-ortho nitro benzene ring substituents is 1. The number of hydrogen-bond acceptors (Lipinski definition) is 5. The Kier molecular flexibility index (Phi) is 10.8. The molecule has 0 spiro atoms. The van der Waals surface area contributed by atoms with Gasteiger partial charge in [-0.2, -0.15) is 0 Å². The molecule has 9 heteroatoms. The van der Waals surface area contributed by atoms with Gasteiger partial charge in [0.15, 0.2) is 0 Å². The number of nitro groups is 1. The highest BCUT2D eigenvalue weighted by Gasteiger charge is 2.33. The lowest BCUT2D eigenvalue weighted by Crippen LogP contribution is -2.59. The zero-order valence-corrected chi connectivity index (χ0v) is 22.3. The zero-order valence-electron chi connectivity index (χ0n) is 22.3. The molecule has 9 nitrogen and oxygen atoms in total. The van der Waals surface area contributed by atoms with Crippen molar-refractivity contribution in [1.29, 1.82) is 0 Å². The van der Waals surface area contributed by atoms with Gasteiger partial charge in [0.2, 0.25) is 11.8 Å². The van der Waals surface area contributed by atoms with Crippen molar-refractivity contribution < 1.29 is 19.3 Å². The Balaban J connectivity index is 1.67. The highest BCUT2D eigenvalue weighted by Crippen LogP contribution is 2.17. The van der Waals surface area contributed by atoms with Crippen LogP contribution in [0.5, 0.6) is 0 Å². The lowest BCUT2D eigenvalue weighted by atomic mass is 10.0. The average Bonchev–Trinajstić information content (AvgIpc) is 2.92. The Morgan fingerprint density at radius 3 is 2.45 bits per heavy atom. The first-order valence-corrected chi connectivity index (χ1v) is 13.5. The molecule has 1 N–H and O–H groups in total. The first kappa shape index (κ1) is 28.8. The van der Waals surface area contributed by atoms with Crippen molar-refractivity contribution in [2.24, 2.45) is 0 Å². The molecule has 0 radical (unpaired) electrons. The molecule has 0 aromatic heterocycles. The SMILES string of the molecule is CCCCCCCC(=O)N1CCN(C(=O)C(Cc2ccccc2)NC(=O)c2cccc([N+](=O)[O-])c2)CC1C. The van der Waals surface area contributed by atoms with Crippen LogP contribution in [0.1, 0.15) is 68.3 Å². The van der Waals surface area contributed by atoms with Crippen LogP contribution in [0.4, 0.5) is 5.69 Å². The molecular formula is C29H38N4O5. The maximum absolute atomic E-state index is 13.6. The van der Waals surface area contributed by atoms with E-state index in [0.29, 0.717) is 26.1 Å². The maximum atomic E-state index is 13.6. The van der Waals surface area contributed by atoms with Crippen LogP contribution in [0.15, 0.2) is 54.6 Å². The van der Waals surface area contributed by atoms with E-state index in [9.17, 15) is 24.5 Å². The van der Waals surface area contributed by atoms with Crippen molar-refractivity contribution >= 4 is 23.4 Å². The van der Waals surface area contributed by atoms with Crippen molar-refractivity contribution in [1.82, 2.24) is 15.1 Å². The summed E-state index contributed by atoms with van der Waals surface area (Å²) in [7, 11) is 0. The maximum Gasteiger partial charge on any atom is 0.270 e. The van der Waals surface area contributed by atoms with Crippen LogP contribution in [-0.2, 0) is 16.0 Å². The van der Waals surface area contributed by atoms with Gasteiger partial charge in [0.25, 0.3) is 11.6 Å². The number of unbranched alkanes of at least 4 members (excludes halogenated alkanes) is 4. The number of hydrogen-bond donors (Lipinski definition) is 1. The second kappa shape index (κ2) is 14.3. The first-order chi connectivity index (χ1) is 18.3. The van der Waals surface area contributed by atoms with Crippen molar-refractivity contribution in [2.75, 3.05) is 19.6 Å². The molecule has 1 aliphatic rings. The molecule has 2 aromatic carbocycles. The fourth-order valence-corrected chi connectivity index (χ4v) is 4.82. The molecule has 2 atom stereocenters. The van der Waals surface area contributed by atoms with E-state index in [2.05, 4.69) is 12.2 Å². The Labute approximate surface area is 224 Å². The van der Waals surface area contributed by atoms with E-state index in [1.807, 2.05) is 42.2 Å². The molecule has 2 unspecified atom stereocenters. The summed E-state index contributed by atoms with van der Waals surface area (Å²) in [4.78, 5) is 53.6. The summed E-state index contributed by atoms with van der Waals surface area (Å²) in [5.41, 5.74) is 0.812. The van der Waals surface area contributed by atoms with Crippen LogP contribution in [-0.4, -0.2) is 64.2 Å². The van der Waals surface area contributed by atoms with Crippen molar-refractivity contribution in [3.05, 3.63) is 75.8 Å². The molecule has 204 valence electrons. The smallest absolute Gasteiger partial charge is 0.270 e. The highest BCUT2D eigenvalue weighted by molar-refractivity contribution is 5.98. The molecule has 1 fully saturated rings. The van der Waals surface area contributed by atoms with E-state index >= 15 is 0 Å². The number of carbonyl (C=O) groups is 3. The predicted molar refractivity (Wildman–Crippen MR) is 146 cm³/mol. The van der Waals surface area contributed by atoms with Crippen molar-refractivity contribution in [3.63, 3.8) is 0 Å². The molecule has 1 saturated heterocycles. The minimum absolute atomic E-state index is 0.118. The van der Waals surface area contributed by atoms with Gasteiger partial charge in [-0.25, -0.2) is 0 Å². The monoisotopic (exact) mass is 522 g/mol. The number of carbonyl (C=O) groups excluding carboxylic acids is 3. The van der Waals surface area contributed by atoms with Gasteiger partial charge in [0.05, 0.1) is 4.92 Å². The summed E-state index contributed by atoms with van der Waals surface area (Å²) in [6.45, 7) is 5.35. The third-order valence-corrected chi connectivity index (χ3v) is 6.96. The molecule has 0 aliphatic carbocycles. The minimum Gasteiger partial charge on any atom is -0.340 e. The van der Waals surface area contributed by atoms with E-state index in [-0.39, 0.29) is 35.5 Å². The minimum atomic E-state index is -0.850. The van der Waals surface area contributed by atoms with Crippen molar-refractivity contribution in [3.8, 4) is 0 Å². The second-order valence-corrected chi connectivity index (χ2v) is 9.91. The lowest BCUT2D eigenvalue weighted by molar-refractivity contribution is -0.384. The standard InChI is InChI=1S/C29H38N4O5/c1-3-4-5-6-10-16-27(34)32-18-17-31(21-22(32)2)29(36)26(19-23-12-8-7-9-13-23)30-28(35)24-14-11-15-25(20-24)33(37)38/h7-9,11-15,20,22,26H,3-6,10,16-19,21H2,1-2H3,(H,30,35). The Hall–Kier alpha value is -3.75. The molecule has 0 saturated carbocycles. The van der Waals surface area contributed by atoms with Crippen LogP contribution < -0.4 is 5.32 Å². The van der Waals surface area contributed by atoms with E-state index in [1.54, 1.807) is 4.90 Å². The largest absolute Gasteiger partial charge is 0.340 e. The molecule has 1 aliphatic heterocycles. The number of rotatable bonds is 12. The van der Waals surface area contributed by atoms with Gasteiger partial charge in [-0.3, -0.25) is 24.5 Å². The molecule has 2 aromatic rings. The average molecular weight is 523 g/mol. The number of nitrogens with zero attached hydrogens (tertiary/aromatic N) is 3. The molecule has 3 amide bonds. The number of amides is 3. The molecular weight excluding hydrogens is 484 g/mol. The molecule has 38 heavy (non-hydrogen) atoms. The van der Waals surface area contributed by atoms with Gasteiger partial charge >= 0.3 is 0 Å². The second-order valence-electron chi connectivity index (χ2n) is 9.91. The molecule has 3 rings (SSSR count). The van der Waals surface area contributed by atoms with Crippen LogP contribution >= 0.6 is 0 Å². The van der Waals surface area contributed by atoms with Crippen LogP contribution in [0.3, 0.4) is 0 Å². The van der Waals surface area contributed by atoms with Gasteiger partial charge in [0.1, 0.15) is 6.04 Å². The quantitative estimate of drug-likeness (QED) is 0.253. The topological polar surface area (TPSA) is 113 Å². The molecule has 1 heterocycles. The Morgan fingerprint density at radius 1 is 1.03 bits per heavy atom. The van der Waals surface area contributed by atoms with E-state index in [1.165, 1.54) is 30.7 Å². The van der Waals surface area contributed by atoms with Crippen LogP contribution in [0.25, 0.3) is 0 Å². The van der Waals surface area contributed by atoms with Gasteiger partial charge in [-0.15, -0.1) is 0 Å². The third kappa shape index (κ3) is 8.13. The summed E-state index contributed by atoms with van der Waals surface area (Å²) in [6.07, 6.45) is 6.24. The van der Waals surface area contributed by atoms with Gasteiger partial charge in [-0.05, 0) is 25.0 Å². The van der Waals surface area contributed by atoms with E-state index in [4.69, 9.17) is 0 Å². The van der Waals surface area contributed by atoms with Gasteiger partial charge < -0.3 is 15.1 Å². The number of nitro benzene ring substituents is 1. The van der Waals surface area contributed by atoms with Crippen LogP contribution in [0, 0.1) is 10.1 Å². The summed E-state index contributed by atoms with van der Waals surface area (Å²) in [5, 5.41) is 13.9. The number of piperazine rings is 1. The Morgan fingerprint density at radius 2 is 1.76 bits per heavy atom. The number of nitrogens with one attached hydrogen (secondary N) is 1. The summed E-state index contributed by atoms with van der Waals surface area (Å²) >= 11 is 0. The molecule has 0 bridgehead atoms. The zero-order chi connectivity index (χ0) is 27.5. The highest BCUT2D eigenvalue weighted by atomic mass is 16.6. The number of benzene rings is 2. The first-order valence-electron chi connectivity index (χ1n) is 13.5. The van der Waals surface area contributed by atoms with Gasteiger partial charge in [-0.1, -0.05) is 69.0 Å². The van der Waals surface area contributed by atoms with E-state index < -0.39 is 16.9 Å². The Bertz CT molecular complexity index is 1110. The third-order valence-electron chi connectivity index (χ3n) is 6.96. The van der Waals surface area contributed by atoms with Crippen LogP contribution in [0.2, 0.25) is 0 Å². The predicted octanol–water partition coefficient (Wildman–Crippen LogP) is 4.36.